The topological polar surface area (TPSA) is 42.0 Å². The molecule has 0 spiro atoms. The van der Waals surface area contributed by atoms with Gasteiger partial charge in [0.05, 0.1) is 12.2 Å². The van der Waals surface area contributed by atoms with Gasteiger partial charge in [0.1, 0.15) is 0 Å². The van der Waals surface area contributed by atoms with Gasteiger partial charge in [0.2, 0.25) is 5.91 Å². The third-order valence-electron chi connectivity index (χ3n) is 2.34. The Morgan fingerprint density at radius 3 is 3.00 bits per heavy atom. The molecule has 0 bridgehead atoms. The van der Waals surface area contributed by atoms with Crippen molar-refractivity contribution >= 4 is 5.91 Å². The van der Waals surface area contributed by atoms with Crippen molar-refractivity contribution < 1.29 is 4.79 Å². The molecule has 3 heteroatoms. The van der Waals surface area contributed by atoms with Crippen LogP contribution in [-0.2, 0) is 11.3 Å². The molecule has 1 aliphatic carbocycles. The molecule has 1 amide bonds. The van der Waals surface area contributed by atoms with Gasteiger partial charge in [-0.1, -0.05) is 6.07 Å². The number of rotatable bonds is 3. The van der Waals surface area contributed by atoms with Gasteiger partial charge < -0.3 is 5.32 Å². The van der Waals surface area contributed by atoms with Gasteiger partial charge in [-0.15, -0.1) is 0 Å². The molecule has 0 aromatic carbocycles. The van der Waals surface area contributed by atoms with E-state index in [1.165, 1.54) is 0 Å². The van der Waals surface area contributed by atoms with Crippen molar-refractivity contribution in [3.8, 4) is 0 Å². The highest BCUT2D eigenvalue weighted by molar-refractivity contribution is 5.80. The fourth-order valence-corrected chi connectivity index (χ4v) is 1.37. The number of amides is 1. The molecule has 14 heavy (non-hydrogen) atoms. The molecule has 1 heterocycles. The molecule has 1 aromatic rings. The van der Waals surface area contributed by atoms with Crippen LogP contribution in [0.1, 0.15) is 24.2 Å². The van der Waals surface area contributed by atoms with E-state index in [4.69, 9.17) is 0 Å². The summed E-state index contributed by atoms with van der Waals surface area (Å²) in [6.07, 6.45) is 2.10. The zero-order valence-electron chi connectivity index (χ0n) is 8.29. The van der Waals surface area contributed by atoms with E-state index in [1.54, 1.807) is 0 Å². The molecule has 74 valence electrons. The van der Waals surface area contributed by atoms with Gasteiger partial charge in [-0.3, -0.25) is 9.78 Å². The van der Waals surface area contributed by atoms with Crippen LogP contribution < -0.4 is 5.32 Å². The number of nitrogens with zero attached hydrogens (tertiary/aromatic N) is 1. The lowest BCUT2D eigenvalue weighted by atomic mass is 10.3. The summed E-state index contributed by atoms with van der Waals surface area (Å²) in [7, 11) is 0. The minimum absolute atomic E-state index is 0.174. The summed E-state index contributed by atoms with van der Waals surface area (Å²) in [5.74, 6) is 0.452. The maximum Gasteiger partial charge on any atom is 0.223 e. The Labute approximate surface area is 83.5 Å². The van der Waals surface area contributed by atoms with E-state index in [0.717, 1.165) is 24.2 Å². The van der Waals surface area contributed by atoms with E-state index in [0.29, 0.717) is 6.54 Å². The van der Waals surface area contributed by atoms with E-state index in [9.17, 15) is 4.79 Å². The summed E-state index contributed by atoms with van der Waals surface area (Å²) in [5, 5.41) is 2.89. The number of aryl methyl sites for hydroxylation is 1. The summed E-state index contributed by atoms with van der Waals surface area (Å²) in [4.78, 5) is 15.6. The van der Waals surface area contributed by atoms with Crippen LogP contribution in [0.4, 0.5) is 0 Å². The standard InChI is InChI=1S/C11H14N2O/c1-8-3-2-4-10(13-8)7-12-11(14)9-5-6-9/h2-4,9H,5-7H2,1H3,(H,12,14). The molecule has 1 aliphatic rings. The third-order valence-corrected chi connectivity index (χ3v) is 2.34. The Morgan fingerprint density at radius 2 is 2.36 bits per heavy atom. The van der Waals surface area contributed by atoms with E-state index < -0.39 is 0 Å². The maximum absolute atomic E-state index is 11.3. The van der Waals surface area contributed by atoms with Gasteiger partial charge in [-0.25, -0.2) is 0 Å². The van der Waals surface area contributed by atoms with Crippen LogP contribution in [0.15, 0.2) is 18.2 Å². The molecule has 0 saturated heterocycles. The number of carbonyl (C=O) groups is 1. The molecule has 0 atom stereocenters. The zero-order valence-corrected chi connectivity index (χ0v) is 8.29. The Balaban J connectivity index is 1.87. The molecule has 0 unspecified atom stereocenters. The van der Waals surface area contributed by atoms with E-state index in [-0.39, 0.29) is 11.8 Å². The molecular formula is C11H14N2O. The first-order chi connectivity index (χ1) is 6.75. The van der Waals surface area contributed by atoms with Crippen molar-refractivity contribution in [1.82, 2.24) is 10.3 Å². The molecule has 0 radical (unpaired) electrons. The van der Waals surface area contributed by atoms with Crippen molar-refractivity contribution in [3.63, 3.8) is 0 Å². The number of pyridine rings is 1. The predicted octanol–water partition coefficient (Wildman–Crippen LogP) is 1.42. The Bertz CT molecular complexity index is 345. The largest absolute Gasteiger partial charge is 0.350 e. The van der Waals surface area contributed by atoms with Crippen LogP contribution in [0.25, 0.3) is 0 Å². The molecule has 2 rings (SSSR count). The number of aromatic nitrogens is 1. The van der Waals surface area contributed by atoms with Gasteiger partial charge in [0.15, 0.2) is 0 Å². The van der Waals surface area contributed by atoms with Crippen LogP contribution in [0.2, 0.25) is 0 Å². The van der Waals surface area contributed by atoms with Crippen molar-refractivity contribution in [1.29, 1.82) is 0 Å². The third kappa shape index (κ3) is 2.31. The van der Waals surface area contributed by atoms with Gasteiger partial charge >= 0.3 is 0 Å². The van der Waals surface area contributed by atoms with Crippen LogP contribution in [0.5, 0.6) is 0 Å². The molecule has 1 N–H and O–H groups in total. The number of hydrogen-bond acceptors (Lipinski definition) is 2. The Morgan fingerprint density at radius 1 is 1.57 bits per heavy atom. The van der Waals surface area contributed by atoms with E-state index in [2.05, 4.69) is 10.3 Å². The van der Waals surface area contributed by atoms with Crippen LogP contribution in [0.3, 0.4) is 0 Å². The Kier molecular flexibility index (Phi) is 2.48. The van der Waals surface area contributed by atoms with E-state index >= 15 is 0 Å². The highest BCUT2D eigenvalue weighted by Gasteiger charge is 2.29. The predicted molar refractivity (Wildman–Crippen MR) is 53.5 cm³/mol. The van der Waals surface area contributed by atoms with Crippen LogP contribution in [0, 0.1) is 12.8 Å². The van der Waals surface area contributed by atoms with Gasteiger partial charge in [-0.2, -0.15) is 0 Å². The number of carbonyl (C=O) groups excluding carboxylic acids is 1. The monoisotopic (exact) mass is 190 g/mol. The van der Waals surface area contributed by atoms with Crippen molar-refractivity contribution in [2.24, 2.45) is 5.92 Å². The molecule has 3 nitrogen and oxygen atoms in total. The molecule has 1 aromatic heterocycles. The second kappa shape index (κ2) is 3.78. The lowest BCUT2D eigenvalue weighted by Crippen LogP contribution is -2.24. The Hall–Kier alpha value is -1.38. The second-order valence-corrected chi connectivity index (χ2v) is 3.76. The molecular weight excluding hydrogens is 176 g/mol. The minimum atomic E-state index is 0.174. The first-order valence-electron chi connectivity index (χ1n) is 4.96. The summed E-state index contributed by atoms with van der Waals surface area (Å²) in [6, 6.07) is 5.84. The summed E-state index contributed by atoms with van der Waals surface area (Å²) in [6.45, 7) is 2.50. The van der Waals surface area contributed by atoms with Crippen molar-refractivity contribution in [2.45, 2.75) is 26.3 Å². The average molecular weight is 190 g/mol. The molecule has 0 aliphatic heterocycles. The quantitative estimate of drug-likeness (QED) is 0.783. The molecule has 1 saturated carbocycles. The fraction of sp³-hybridized carbons (Fsp3) is 0.455. The SMILES string of the molecule is Cc1cccc(CNC(=O)C2CC2)n1. The van der Waals surface area contributed by atoms with Crippen LogP contribution >= 0.6 is 0 Å². The van der Waals surface area contributed by atoms with Gasteiger partial charge in [0, 0.05) is 11.6 Å². The minimum Gasteiger partial charge on any atom is -0.350 e. The lowest BCUT2D eigenvalue weighted by molar-refractivity contribution is -0.122. The second-order valence-electron chi connectivity index (χ2n) is 3.76. The highest BCUT2D eigenvalue weighted by Crippen LogP contribution is 2.28. The van der Waals surface area contributed by atoms with Gasteiger partial charge in [-0.05, 0) is 31.9 Å². The van der Waals surface area contributed by atoms with Crippen molar-refractivity contribution in [3.05, 3.63) is 29.6 Å². The smallest absolute Gasteiger partial charge is 0.223 e. The van der Waals surface area contributed by atoms with Crippen LogP contribution in [-0.4, -0.2) is 10.9 Å². The van der Waals surface area contributed by atoms with E-state index in [1.807, 2.05) is 25.1 Å². The summed E-state index contributed by atoms with van der Waals surface area (Å²) < 4.78 is 0. The number of hydrogen-bond donors (Lipinski definition) is 1. The summed E-state index contributed by atoms with van der Waals surface area (Å²) >= 11 is 0. The van der Waals surface area contributed by atoms with Gasteiger partial charge in [0.25, 0.3) is 0 Å². The fourth-order valence-electron chi connectivity index (χ4n) is 1.37. The first kappa shape index (κ1) is 9.19. The summed E-state index contributed by atoms with van der Waals surface area (Å²) in [5.41, 5.74) is 1.92. The lowest BCUT2D eigenvalue weighted by Gasteiger charge is -2.03. The number of nitrogens with one attached hydrogen (secondary N) is 1. The highest BCUT2D eigenvalue weighted by atomic mass is 16.2. The molecule has 1 fully saturated rings. The average Bonchev–Trinajstić information content (AvgIpc) is 2.97. The maximum atomic E-state index is 11.3. The van der Waals surface area contributed by atoms with Crippen molar-refractivity contribution in [2.75, 3.05) is 0 Å². The normalized spacial score (nSPS) is 15.2. The first-order valence-corrected chi connectivity index (χ1v) is 4.96. The zero-order chi connectivity index (χ0) is 9.97.